The minimum atomic E-state index is -0.473. The van der Waals surface area contributed by atoms with Crippen LogP contribution in [0.2, 0.25) is 5.02 Å². The van der Waals surface area contributed by atoms with Gasteiger partial charge in [-0.15, -0.1) is 0 Å². The molecule has 0 bridgehead atoms. The lowest BCUT2D eigenvalue weighted by atomic mass is 9.85. The Bertz CT molecular complexity index is 1050. The molecule has 1 aromatic carbocycles. The van der Waals surface area contributed by atoms with Crippen LogP contribution >= 0.6 is 11.6 Å². The van der Waals surface area contributed by atoms with Crippen LogP contribution in [0.5, 0.6) is 0 Å². The van der Waals surface area contributed by atoms with Gasteiger partial charge >= 0.3 is 0 Å². The maximum atomic E-state index is 13.2. The summed E-state index contributed by atoms with van der Waals surface area (Å²) in [6.45, 7) is 1.08. The van der Waals surface area contributed by atoms with Crippen molar-refractivity contribution in [1.82, 2.24) is 20.6 Å². The van der Waals surface area contributed by atoms with Crippen molar-refractivity contribution in [2.45, 2.75) is 50.7 Å². The topological polar surface area (TPSA) is 125 Å². The lowest BCUT2D eigenvalue weighted by Gasteiger charge is -2.28. The lowest BCUT2D eigenvalue weighted by Crippen LogP contribution is -2.40. The van der Waals surface area contributed by atoms with Crippen molar-refractivity contribution in [2.75, 3.05) is 18.5 Å². The summed E-state index contributed by atoms with van der Waals surface area (Å²) in [6.07, 6.45) is 5.54. The number of ether oxygens (including phenoxy) is 1. The van der Waals surface area contributed by atoms with Gasteiger partial charge in [-0.2, -0.15) is 0 Å². The number of halogens is 2. The van der Waals surface area contributed by atoms with E-state index in [9.17, 15) is 18.8 Å². The van der Waals surface area contributed by atoms with Crippen molar-refractivity contribution < 1.29 is 23.5 Å². The Hall–Kier alpha value is -2.98. The van der Waals surface area contributed by atoms with Crippen molar-refractivity contribution >= 4 is 35.0 Å². The molecule has 0 spiro atoms. The van der Waals surface area contributed by atoms with Crippen molar-refractivity contribution in [3.8, 4) is 0 Å². The molecule has 9 nitrogen and oxygen atoms in total. The monoisotopic (exact) mass is 491 g/mol. The van der Waals surface area contributed by atoms with Gasteiger partial charge in [0.25, 0.3) is 11.8 Å². The van der Waals surface area contributed by atoms with Gasteiger partial charge in [0.15, 0.2) is 5.69 Å². The standard InChI is InChI=1S/C23H27ClFN5O4/c24-17-10-14(25)5-8-18(17)30-21(31)13-3-6-15(7-4-13)29-23(33)20-19(27-12-28-20)22(32)26-11-16-2-1-9-34-16/h5,8,10,12-13,15-16H,1-4,6-7,9,11H2,(H,26,32)(H,27,28)(H,29,33)(H,30,31)/t13?,15?,16-/m1/s1. The second kappa shape index (κ2) is 11.0. The van der Waals surface area contributed by atoms with Gasteiger partial charge in [0.1, 0.15) is 11.5 Å². The van der Waals surface area contributed by atoms with Gasteiger partial charge in [0.2, 0.25) is 5.91 Å². The number of H-pyrrole nitrogens is 1. The highest BCUT2D eigenvalue weighted by Gasteiger charge is 2.29. The van der Waals surface area contributed by atoms with Crippen molar-refractivity contribution in [3.05, 3.63) is 46.8 Å². The molecule has 1 saturated heterocycles. The van der Waals surface area contributed by atoms with Crippen LogP contribution < -0.4 is 16.0 Å². The fraction of sp³-hybridized carbons (Fsp3) is 0.478. The third-order valence-corrected chi connectivity index (χ3v) is 6.53. The number of aromatic nitrogens is 2. The summed E-state index contributed by atoms with van der Waals surface area (Å²) in [5, 5.41) is 8.59. The first-order valence-electron chi connectivity index (χ1n) is 11.4. The molecule has 1 aromatic heterocycles. The van der Waals surface area contributed by atoms with Crippen LogP contribution in [0.1, 0.15) is 59.5 Å². The molecule has 1 aliphatic carbocycles. The summed E-state index contributed by atoms with van der Waals surface area (Å²) in [5.41, 5.74) is 0.516. The van der Waals surface area contributed by atoms with Crippen LogP contribution in [0.15, 0.2) is 24.5 Å². The molecule has 2 aliphatic rings. The number of aromatic amines is 1. The number of carbonyl (C=O) groups excluding carboxylic acids is 3. The highest BCUT2D eigenvalue weighted by Crippen LogP contribution is 2.28. The molecule has 1 atom stereocenters. The smallest absolute Gasteiger partial charge is 0.272 e. The number of nitrogens with one attached hydrogen (secondary N) is 4. The number of rotatable bonds is 7. The Morgan fingerprint density at radius 1 is 1.15 bits per heavy atom. The predicted molar refractivity (Wildman–Crippen MR) is 123 cm³/mol. The van der Waals surface area contributed by atoms with E-state index in [2.05, 4.69) is 25.9 Å². The number of benzene rings is 1. The number of imidazole rings is 1. The molecule has 2 heterocycles. The highest BCUT2D eigenvalue weighted by atomic mass is 35.5. The van der Waals surface area contributed by atoms with Gasteiger partial charge in [-0.3, -0.25) is 14.4 Å². The number of hydrogen-bond donors (Lipinski definition) is 4. The minimum Gasteiger partial charge on any atom is -0.376 e. The van der Waals surface area contributed by atoms with E-state index in [4.69, 9.17) is 16.3 Å². The second-order valence-electron chi connectivity index (χ2n) is 8.61. The Morgan fingerprint density at radius 2 is 1.94 bits per heavy atom. The summed E-state index contributed by atoms with van der Waals surface area (Å²) in [6, 6.07) is 3.68. The number of hydrogen-bond acceptors (Lipinski definition) is 5. The normalized spacial score (nSPS) is 22.2. The molecule has 1 aliphatic heterocycles. The molecule has 0 unspecified atom stereocenters. The maximum Gasteiger partial charge on any atom is 0.272 e. The molecule has 11 heteroatoms. The van der Waals surface area contributed by atoms with Gasteiger partial charge in [0, 0.05) is 25.1 Å². The molecular weight excluding hydrogens is 465 g/mol. The highest BCUT2D eigenvalue weighted by molar-refractivity contribution is 6.33. The number of amides is 3. The van der Waals surface area contributed by atoms with Crippen molar-refractivity contribution in [3.63, 3.8) is 0 Å². The van der Waals surface area contributed by atoms with Crippen LogP contribution in [0.4, 0.5) is 10.1 Å². The quantitative estimate of drug-likeness (QED) is 0.473. The Morgan fingerprint density at radius 3 is 2.65 bits per heavy atom. The SMILES string of the molecule is O=C(NC1CCC(C(=O)Nc2ccc(F)cc2Cl)CC1)c1nc[nH]c1C(=O)NC[C@H]1CCCO1. The molecule has 3 amide bonds. The van der Waals surface area contributed by atoms with Crippen LogP contribution in [0, 0.1) is 11.7 Å². The van der Waals surface area contributed by atoms with Crippen molar-refractivity contribution in [2.24, 2.45) is 5.92 Å². The third kappa shape index (κ3) is 5.92. The van der Waals surface area contributed by atoms with Crippen LogP contribution in [0.3, 0.4) is 0 Å². The lowest BCUT2D eigenvalue weighted by molar-refractivity contribution is -0.120. The van der Waals surface area contributed by atoms with Gasteiger partial charge in [-0.05, 0) is 56.7 Å². The molecular formula is C23H27ClFN5O4. The van der Waals surface area contributed by atoms with Gasteiger partial charge in [0.05, 0.1) is 23.1 Å². The van der Waals surface area contributed by atoms with Crippen LogP contribution in [0.25, 0.3) is 0 Å². The Labute approximate surface area is 201 Å². The van der Waals surface area contributed by atoms with E-state index in [0.717, 1.165) is 18.9 Å². The summed E-state index contributed by atoms with van der Waals surface area (Å²) in [4.78, 5) is 44.6. The van der Waals surface area contributed by atoms with Crippen molar-refractivity contribution in [1.29, 1.82) is 0 Å². The molecule has 4 rings (SSSR count). The zero-order chi connectivity index (χ0) is 24.1. The zero-order valence-corrected chi connectivity index (χ0v) is 19.3. The van der Waals surface area contributed by atoms with E-state index in [1.165, 1.54) is 18.5 Å². The first-order valence-corrected chi connectivity index (χ1v) is 11.8. The molecule has 4 N–H and O–H groups in total. The van der Waals surface area contributed by atoms with Gasteiger partial charge < -0.3 is 25.7 Å². The summed E-state index contributed by atoms with van der Waals surface area (Å²) >= 11 is 5.98. The molecule has 2 fully saturated rings. The molecule has 2 aromatic rings. The molecule has 1 saturated carbocycles. The van der Waals surface area contributed by atoms with Crippen LogP contribution in [-0.4, -0.2) is 53.0 Å². The summed E-state index contributed by atoms with van der Waals surface area (Å²) in [7, 11) is 0. The summed E-state index contributed by atoms with van der Waals surface area (Å²) < 4.78 is 18.7. The van der Waals surface area contributed by atoms with Crippen LogP contribution in [-0.2, 0) is 9.53 Å². The Kier molecular flexibility index (Phi) is 7.79. The Balaban J connectivity index is 1.25. The third-order valence-electron chi connectivity index (χ3n) is 6.22. The predicted octanol–water partition coefficient (Wildman–Crippen LogP) is 3.04. The average molecular weight is 492 g/mol. The molecule has 182 valence electrons. The average Bonchev–Trinajstić information content (AvgIpc) is 3.52. The van der Waals surface area contributed by atoms with Gasteiger partial charge in [-0.25, -0.2) is 9.37 Å². The molecule has 0 radical (unpaired) electrons. The van der Waals surface area contributed by atoms with E-state index >= 15 is 0 Å². The van der Waals surface area contributed by atoms with E-state index in [1.54, 1.807) is 0 Å². The van der Waals surface area contributed by atoms with E-state index < -0.39 is 17.6 Å². The van der Waals surface area contributed by atoms with E-state index in [1.807, 2.05) is 0 Å². The van der Waals surface area contributed by atoms with Gasteiger partial charge in [-0.1, -0.05) is 11.6 Å². The molecule has 34 heavy (non-hydrogen) atoms. The number of nitrogens with zero attached hydrogens (tertiary/aromatic N) is 1. The summed E-state index contributed by atoms with van der Waals surface area (Å²) in [5.74, 6) is -1.73. The minimum absolute atomic E-state index is 0.00406. The maximum absolute atomic E-state index is 13.2. The van der Waals surface area contributed by atoms with E-state index in [0.29, 0.717) is 44.5 Å². The largest absolute Gasteiger partial charge is 0.376 e. The zero-order valence-electron chi connectivity index (χ0n) is 18.5. The fourth-order valence-corrected chi connectivity index (χ4v) is 4.53. The van der Waals surface area contributed by atoms with E-state index in [-0.39, 0.29) is 40.4 Å². The second-order valence-corrected chi connectivity index (χ2v) is 9.01. The fourth-order valence-electron chi connectivity index (χ4n) is 4.32. The number of anilines is 1. The number of carbonyl (C=O) groups is 3. The first kappa shape index (κ1) is 24.2. The first-order chi connectivity index (χ1) is 16.4.